The summed E-state index contributed by atoms with van der Waals surface area (Å²) in [6.45, 7) is 6.84. The fourth-order valence-corrected chi connectivity index (χ4v) is 3.04. The van der Waals surface area contributed by atoms with Crippen LogP contribution < -0.4 is 10.6 Å². The molecule has 0 aliphatic rings. The van der Waals surface area contributed by atoms with E-state index in [1.54, 1.807) is 4.68 Å². The molecule has 3 rings (SSSR count). The molecule has 0 unspecified atom stereocenters. The molecule has 0 spiro atoms. The maximum atomic E-state index is 12.1. The van der Waals surface area contributed by atoms with Gasteiger partial charge in [0.1, 0.15) is 11.6 Å². The summed E-state index contributed by atoms with van der Waals surface area (Å²) in [5.74, 6) is 1.99. The normalized spacial score (nSPS) is 10.7. The molecule has 0 radical (unpaired) electrons. The molecule has 0 fully saturated rings. The van der Waals surface area contributed by atoms with Gasteiger partial charge in [0, 0.05) is 34.0 Å². The molecule has 0 bridgehead atoms. The smallest absolute Gasteiger partial charge is 0.251 e. The molecule has 0 aliphatic heterocycles. The monoisotopic (exact) mass is 476 g/mol. The fourth-order valence-electron chi connectivity index (χ4n) is 2.68. The number of anilines is 1. The van der Waals surface area contributed by atoms with Crippen molar-refractivity contribution < 1.29 is 4.79 Å². The molecular weight excluding hydrogens is 455 g/mol. The van der Waals surface area contributed by atoms with Crippen molar-refractivity contribution in [3.8, 4) is 5.82 Å². The van der Waals surface area contributed by atoms with E-state index in [-0.39, 0.29) is 5.91 Å². The number of hydrogen-bond donors (Lipinski definition) is 2. The first-order valence-electron chi connectivity index (χ1n) is 8.59. The number of nitrogens with zero attached hydrogens (tertiary/aromatic N) is 4. The molecule has 1 amide bonds. The number of hydrogen-bond acceptors (Lipinski definition) is 5. The third kappa shape index (κ3) is 5.03. The zero-order valence-electron chi connectivity index (χ0n) is 15.5. The lowest BCUT2D eigenvalue weighted by molar-refractivity contribution is 0.0955. The Hall–Kier alpha value is -2.49. The van der Waals surface area contributed by atoms with Gasteiger partial charge in [0.15, 0.2) is 5.82 Å². The van der Waals surface area contributed by atoms with Crippen molar-refractivity contribution in [2.75, 3.05) is 18.4 Å². The largest absolute Gasteiger partial charge is 0.368 e. The van der Waals surface area contributed by atoms with Crippen molar-refractivity contribution in [1.82, 2.24) is 25.1 Å². The SMILES string of the molecule is Cc1cc(C)n(-c2cc(NCCNC(=O)c3ccc(I)cc3)nc(C)n2)n1. The van der Waals surface area contributed by atoms with E-state index in [0.29, 0.717) is 30.3 Å². The van der Waals surface area contributed by atoms with Crippen molar-refractivity contribution in [2.45, 2.75) is 20.8 Å². The van der Waals surface area contributed by atoms with Gasteiger partial charge >= 0.3 is 0 Å². The Morgan fingerprint density at radius 3 is 2.48 bits per heavy atom. The average molecular weight is 476 g/mol. The van der Waals surface area contributed by atoms with E-state index in [1.807, 2.05) is 57.2 Å². The van der Waals surface area contributed by atoms with Crippen LogP contribution in [-0.2, 0) is 0 Å². The van der Waals surface area contributed by atoms with Crippen LogP contribution in [0, 0.1) is 24.3 Å². The molecule has 1 aromatic carbocycles. The Balaban J connectivity index is 1.59. The predicted molar refractivity (Wildman–Crippen MR) is 113 cm³/mol. The molecule has 0 saturated heterocycles. The van der Waals surface area contributed by atoms with Crippen LogP contribution in [0.5, 0.6) is 0 Å². The van der Waals surface area contributed by atoms with Crippen molar-refractivity contribution >= 4 is 34.3 Å². The molecule has 27 heavy (non-hydrogen) atoms. The summed E-state index contributed by atoms with van der Waals surface area (Å²) < 4.78 is 2.90. The summed E-state index contributed by atoms with van der Waals surface area (Å²) in [4.78, 5) is 21.0. The lowest BCUT2D eigenvalue weighted by atomic mass is 10.2. The van der Waals surface area contributed by atoms with E-state index < -0.39 is 0 Å². The van der Waals surface area contributed by atoms with Crippen molar-refractivity contribution in [3.05, 3.63) is 62.7 Å². The van der Waals surface area contributed by atoms with Gasteiger partial charge < -0.3 is 10.6 Å². The fraction of sp³-hybridized carbons (Fsp3) is 0.263. The van der Waals surface area contributed by atoms with Crippen molar-refractivity contribution in [3.63, 3.8) is 0 Å². The van der Waals surface area contributed by atoms with Gasteiger partial charge in [0.2, 0.25) is 0 Å². The highest BCUT2D eigenvalue weighted by Crippen LogP contribution is 2.13. The summed E-state index contributed by atoms with van der Waals surface area (Å²) in [5, 5.41) is 10.6. The van der Waals surface area contributed by atoms with Crippen LogP contribution in [0.2, 0.25) is 0 Å². The van der Waals surface area contributed by atoms with Crippen molar-refractivity contribution in [1.29, 1.82) is 0 Å². The number of halogens is 1. The van der Waals surface area contributed by atoms with Gasteiger partial charge in [-0.2, -0.15) is 5.10 Å². The number of carbonyl (C=O) groups excluding carboxylic acids is 1. The molecule has 0 atom stereocenters. The summed E-state index contributed by atoms with van der Waals surface area (Å²) >= 11 is 2.21. The summed E-state index contributed by atoms with van der Waals surface area (Å²) in [5.41, 5.74) is 2.61. The van der Waals surface area contributed by atoms with Crippen molar-refractivity contribution in [2.24, 2.45) is 0 Å². The molecule has 8 heteroatoms. The first-order chi connectivity index (χ1) is 12.9. The maximum absolute atomic E-state index is 12.1. The lowest BCUT2D eigenvalue weighted by Gasteiger charge is -2.10. The number of nitrogens with one attached hydrogen (secondary N) is 2. The Labute approximate surface area is 171 Å². The van der Waals surface area contributed by atoms with Crippen LogP contribution in [0.3, 0.4) is 0 Å². The van der Waals surface area contributed by atoms with E-state index in [0.717, 1.165) is 20.8 Å². The first kappa shape index (κ1) is 19.3. The highest BCUT2D eigenvalue weighted by molar-refractivity contribution is 14.1. The summed E-state index contributed by atoms with van der Waals surface area (Å²) in [7, 11) is 0. The number of rotatable bonds is 6. The van der Waals surface area contributed by atoms with Gasteiger partial charge in [-0.3, -0.25) is 4.79 Å². The lowest BCUT2D eigenvalue weighted by Crippen LogP contribution is -2.29. The second-order valence-electron chi connectivity index (χ2n) is 6.19. The highest BCUT2D eigenvalue weighted by atomic mass is 127. The average Bonchev–Trinajstić information content (AvgIpc) is 2.97. The van der Waals surface area contributed by atoms with Gasteiger partial charge in [-0.05, 0) is 73.7 Å². The summed E-state index contributed by atoms with van der Waals surface area (Å²) in [6, 6.07) is 11.3. The van der Waals surface area contributed by atoms with E-state index >= 15 is 0 Å². The number of carbonyl (C=O) groups is 1. The van der Waals surface area contributed by atoms with Crippen LogP contribution in [0.4, 0.5) is 5.82 Å². The third-order valence-electron chi connectivity index (χ3n) is 3.87. The van der Waals surface area contributed by atoms with Gasteiger partial charge in [0.05, 0.1) is 5.69 Å². The Morgan fingerprint density at radius 2 is 1.81 bits per heavy atom. The quantitative estimate of drug-likeness (QED) is 0.422. The molecule has 140 valence electrons. The minimum atomic E-state index is -0.0876. The number of amides is 1. The molecule has 2 aromatic heterocycles. The van der Waals surface area contributed by atoms with Gasteiger partial charge in [-0.1, -0.05) is 0 Å². The standard InChI is InChI=1S/C19H21IN6O/c1-12-10-13(2)26(25-12)18-11-17(23-14(3)24-18)21-8-9-22-19(27)15-4-6-16(20)7-5-15/h4-7,10-11H,8-9H2,1-3H3,(H,22,27)(H,21,23,24). The zero-order valence-corrected chi connectivity index (χ0v) is 17.6. The molecule has 2 heterocycles. The molecule has 7 nitrogen and oxygen atoms in total. The van der Waals surface area contributed by atoms with E-state index in [1.165, 1.54) is 0 Å². The zero-order chi connectivity index (χ0) is 19.4. The third-order valence-corrected chi connectivity index (χ3v) is 4.59. The Bertz CT molecular complexity index is 951. The first-order valence-corrected chi connectivity index (χ1v) is 9.67. The van der Waals surface area contributed by atoms with Gasteiger partial charge in [-0.15, -0.1) is 0 Å². The van der Waals surface area contributed by atoms with Crippen LogP contribution in [-0.4, -0.2) is 38.7 Å². The van der Waals surface area contributed by atoms with E-state index in [4.69, 9.17) is 0 Å². The summed E-state index contributed by atoms with van der Waals surface area (Å²) in [6.07, 6.45) is 0. The Morgan fingerprint density at radius 1 is 1.07 bits per heavy atom. The van der Waals surface area contributed by atoms with Crippen LogP contribution >= 0.6 is 22.6 Å². The second kappa shape index (κ2) is 8.47. The highest BCUT2D eigenvalue weighted by Gasteiger charge is 2.09. The minimum absolute atomic E-state index is 0.0876. The predicted octanol–water partition coefficient (Wildman–Crippen LogP) is 3.03. The molecule has 2 N–H and O–H groups in total. The topological polar surface area (TPSA) is 84.7 Å². The van der Waals surface area contributed by atoms with E-state index in [9.17, 15) is 4.79 Å². The maximum Gasteiger partial charge on any atom is 0.251 e. The van der Waals surface area contributed by atoms with E-state index in [2.05, 4.69) is 48.3 Å². The Kier molecular flexibility index (Phi) is 6.04. The minimum Gasteiger partial charge on any atom is -0.368 e. The molecule has 3 aromatic rings. The van der Waals surface area contributed by atoms with Crippen LogP contribution in [0.25, 0.3) is 5.82 Å². The number of aromatic nitrogens is 4. The van der Waals surface area contributed by atoms with Crippen LogP contribution in [0.15, 0.2) is 36.4 Å². The second-order valence-corrected chi connectivity index (χ2v) is 7.43. The molecule has 0 saturated carbocycles. The molecular formula is C19H21IN6O. The van der Waals surface area contributed by atoms with Gasteiger partial charge in [0.25, 0.3) is 5.91 Å². The number of benzene rings is 1. The van der Waals surface area contributed by atoms with Gasteiger partial charge in [-0.25, -0.2) is 14.6 Å². The number of aryl methyl sites for hydroxylation is 3. The van der Waals surface area contributed by atoms with Crippen LogP contribution in [0.1, 0.15) is 27.6 Å². The molecule has 0 aliphatic carbocycles.